The predicted octanol–water partition coefficient (Wildman–Crippen LogP) is 3.83. The number of nitrogens with zero attached hydrogens (tertiary/aromatic N) is 1. The molecular weight excluding hydrogens is 335 g/mol. The number of para-hydroxylation sites is 1. The van der Waals surface area contributed by atoms with E-state index in [9.17, 15) is 9.18 Å². The van der Waals surface area contributed by atoms with Gasteiger partial charge in [-0.15, -0.1) is 0 Å². The Hall–Kier alpha value is -1.88. The van der Waals surface area contributed by atoms with Crippen molar-refractivity contribution in [1.29, 1.82) is 0 Å². The van der Waals surface area contributed by atoms with Gasteiger partial charge < -0.3 is 10.6 Å². The highest BCUT2D eigenvalue weighted by Gasteiger charge is 2.19. The first-order valence-corrected chi connectivity index (χ1v) is 7.40. The summed E-state index contributed by atoms with van der Waals surface area (Å²) in [5, 5.41) is 0. The van der Waals surface area contributed by atoms with Crippen LogP contribution in [-0.2, 0) is 6.54 Å². The second kappa shape index (κ2) is 6.72. The molecule has 0 atom stereocenters. The normalized spacial score (nSPS) is 10.4. The molecule has 0 saturated heterocycles. The lowest BCUT2D eigenvalue weighted by Crippen LogP contribution is -2.31. The van der Waals surface area contributed by atoms with E-state index in [0.29, 0.717) is 24.3 Å². The molecule has 110 valence electrons. The zero-order chi connectivity index (χ0) is 15.4. The highest BCUT2D eigenvalue weighted by molar-refractivity contribution is 9.10. The fourth-order valence-electron chi connectivity index (χ4n) is 2.05. The van der Waals surface area contributed by atoms with Gasteiger partial charge in [0, 0.05) is 18.8 Å². The Morgan fingerprint density at radius 3 is 2.62 bits per heavy atom. The molecule has 0 fully saturated rings. The minimum atomic E-state index is -0.448. The molecule has 0 aromatic heterocycles. The molecule has 0 radical (unpaired) electrons. The van der Waals surface area contributed by atoms with Gasteiger partial charge in [-0.1, -0.05) is 24.3 Å². The van der Waals surface area contributed by atoms with Gasteiger partial charge in [0.2, 0.25) is 0 Å². The zero-order valence-corrected chi connectivity index (χ0v) is 13.2. The summed E-state index contributed by atoms with van der Waals surface area (Å²) in [6.45, 7) is 2.78. The van der Waals surface area contributed by atoms with Crippen molar-refractivity contribution >= 4 is 27.5 Å². The standard InChI is InChI=1S/C16H16BrFN2O/c1-2-20(10-11-6-3-4-9-14(11)19)16(21)12-7-5-8-13(18)15(12)17/h3-9H,2,10,19H2,1H3. The van der Waals surface area contributed by atoms with Gasteiger partial charge in [0.1, 0.15) is 5.82 Å². The fourth-order valence-corrected chi connectivity index (χ4v) is 2.48. The number of hydrogen-bond acceptors (Lipinski definition) is 2. The smallest absolute Gasteiger partial charge is 0.255 e. The summed E-state index contributed by atoms with van der Waals surface area (Å²) >= 11 is 3.13. The Labute approximate surface area is 131 Å². The molecule has 2 rings (SSSR count). The predicted molar refractivity (Wildman–Crippen MR) is 85.4 cm³/mol. The average molecular weight is 351 g/mol. The van der Waals surface area contributed by atoms with Crippen molar-refractivity contribution in [2.75, 3.05) is 12.3 Å². The Morgan fingerprint density at radius 2 is 1.95 bits per heavy atom. The number of rotatable bonds is 4. The number of hydrogen-bond donors (Lipinski definition) is 1. The maximum atomic E-state index is 13.6. The molecule has 0 spiro atoms. The van der Waals surface area contributed by atoms with Crippen molar-refractivity contribution in [3.05, 3.63) is 63.9 Å². The van der Waals surface area contributed by atoms with Crippen LogP contribution < -0.4 is 5.73 Å². The largest absolute Gasteiger partial charge is 0.398 e. The van der Waals surface area contributed by atoms with E-state index in [-0.39, 0.29) is 10.4 Å². The number of nitrogens with two attached hydrogens (primary N) is 1. The molecule has 2 aromatic carbocycles. The monoisotopic (exact) mass is 350 g/mol. The number of halogens is 2. The lowest BCUT2D eigenvalue weighted by atomic mass is 10.1. The summed E-state index contributed by atoms with van der Waals surface area (Å²) in [4.78, 5) is 14.2. The lowest BCUT2D eigenvalue weighted by molar-refractivity contribution is 0.0751. The number of carbonyl (C=O) groups excluding carboxylic acids is 1. The molecule has 5 heteroatoms. The molecule has 0 bridgehead atoms. The van der Waals surface area contributed by atoms with Crippen LogP contribution in [0.2, 0.25) is 0 Å². The third kappa shape index (κ3) is 3.42. The number of amides is 1. The Bertz CT molecular complexity index is 660. The average Bonchev–Trinajstić information content (AvgIpc) is 2.48. The molecule has 21 heavy (non-hydrogen) atoms. The Balaban J connectivity index is 2.27. The van der Waals surface area contributed by atoms with Crippen LogP contribution in [0.25, 0.3) is 0 Å². The first-order valence-electron chi connectivity index (χ1n) is 6.61. The molecule has 0 aliphatic carbocycles. The van der Waals surface area contributed by atoms with E-state index < -0.39 is 5.82 Å². The van der Waals surface area contributed by atoms with Crippen LogP contribution in [0.3, 0.4) is 0 Å². The summed E-state index contributed by atoms with van der Waals surface area (Å²) < 4.78 is 13.7. The SMILES string of the molecule is CCN(Cc1ccccc1N)C(=O)c1cccc(F)c1Br. The van der Waals surface area contributed by atoms with Crippen LogP contribution >= 0.6 is 15.9 Å². The number of nitrogen functional groups attached to an aromatic ring is 1. The minimum Gasteiger partial charge on any atom is -0.398 e. The third-order valence-electron chi connectivity index (χ3n) is 3.27. The molecule has 0 aliphatic heterocycles. The van der Waals surface area contributed by atoms with Gasteiger partial charge in [-0.3, -0.25) is 4.79 Å². The van der Waals surface area contributed by atoms with Crippen LogP contribution in [0.15, 0.2) is 46.9 Å². The zero-order valence-electron chi connectivity index (χ0n) is 11.6. The molecule has 1 amide bonds. The van der Waals surface area contributed by atoms with Crippen molar-refractivity contribution in [3.63, 3.8) is 0 Å². The Kier molecular flexibility index (Phi) is 4.96. The van der Waals surface area contributed by atoms with Crippen LogP contribution in [0.5, 0.6) is 0 Å². The van der Waals surface area contributed by atoms with Crippen LogP contribution in [0, 0.1) is 5.82 Å². The van der Waals surface area contributed by atoms with E-state index in [1.54, 1.807) is 17.0 Å². The number of carbonyl (C=O) groups is 1. The molecule has 0 saturated carbocycles. The quantitative estimate of drug-likeness (QED) is 0.851. The summed E-state index contributed by atoms with van der Waals surface area (Å²) in [6, 6.07) is 11.8. The maximum absolute atomic E-state index is 13.6. The maximum Gasteiger partial charge on any atom is 0.255 e. The van der Waals surface area contributed by atoms with Crippen molar-refractivity contribution in [2.45, 2.75) is 13.5 Å². The van der Waals surface area contributed by atoms with Gasteiger partial charge in [-0.05, 0) is 46.6 Å². The molecule has 0 aliphatic rings. The molecule has 0 heterocycles. The molecule has 0 unspecified atom stereocenters. The van der Waals surface area contributed by atoms with E-state index in [4.69, 9.17) is 5.73 Å². The van der Waals surface area contributed by atoms with Gasteiger partial charge in [0.15, 0.2) is 0 Å². The van der Waals surface area contributed by atoms with Crippen molar-refractivity contribution < 1.29 is 9.18 Å². The van der Waals surface area contributed by atoms with E-state index in [1.807, 2.05) is 25.1 Å². The molecular formula is C16H16BrFN2O. The highest BCUT2D eigenvalue weighted by atomic mass is 79.9. The van der Waals surface area contributed by atoms with Crippen LogP contribution in [0.1, 0.15) is 22.8 Å². The van der Waals surface area contributed by atoms with E-state index in [2.05, 4.69) is 15.9 Å². The lowest BCUT2D eigenvalue weighted by Gasteiger charge is -2.22. The first kappa shape index (κ1) is 15.5. The van der Waals surface area contributed by atoms with Gasteiger partial charge in [0.25, 0.3) is 5.91 Å². The van der Waals surface area contributed by atoms with Crippen molar-refractivity contribution in [3.8, 4) is 0 Å². The van der Waals surface area contributed by atoms with Gasteiger partial charge in [0.05, 0.1) is 10.0 Å². The molecule has 2 N–H and O–H groups in total. The van der Waals surface area contributed by atoms with E-state index >= 15 is 0 Å². The number of anilines is 1. The summed E-state index contributed by atoms with van der Waals surface area (Å²) in [6.07, 6.45) is 0. The second-order valence-corrected chi connectivity index (χ2v) is 5.41. The van der Waals surface area contributed by atoms with Crippen molar-refractivity contribution in [1.82, 2.24) is 4.90 Å². The minimum absolute atomic E-state index is 0.189. The van der Waals surface area contributed by atoms with Gasteiger partial charge >= 0.3 is 0 Å². The second-order valence-electron chi connectivity index (χ2n) is 4.62. The first-order chi connectivity index (χ1) is 10.0. The van der Waals surface area contributed by atoms with Crippen LogP contribution in [-0.4, -0.2) is 17.4 Å². The van der Waals surface area contributed by atoms with Crippen molar-refractivity contribution in [2.24, 2.45) is 0 Å². The molecule has 2 aromatic rings. The van der Waals surface area contributed by atoms with E-state index in [0.717, 1.165) is 5.56 Å². The topological polar surface area (TPSA) is 46.3 Å². The summed E-state index contributed by atoms with van der Waals surface area (Å²) in [7, 11) is 0. The highest BCUT2D eigenvalue weighted by Crippen LogP contribution is 2.23. The third-order valence-corrected chi connectivity index (χ3v) is 4.07. The summed E-state index contributed by atoms with van der Waals surface area (Å²) in [5.41, 5.74) is 7.74. The number of benzene rings is 2. The van der Waals surface area contributed by atoms with Crippen LogP contribution in [0.4, 0.5) is 10.1 Å². The molecule has 3 nitrogen and oxygen atoms in total. The van der Waals surface area contributed by atoms with E-state index in [1.165, 1.54) is 12.1 Å². The van der Waals surface area contributed by atoms with Gasteiger partial charge in [-0.2, -0.15) is 0 Å². The fraction of sp³-hybridized carbons (Fsp3) is 0.188. The van der Waals surface area contributed by atoms with Gasteiger partial charge in [-0.25, -0.2) is 4.39 Å². The Morgan fingerprint density at radius 1 is 1.24 bits per heavy atom. The summed E-state index contributed by atoms with van der Waals surface area (Å²) in [5.74, 6) is -0.678.